The predicted octanol–water partition coefficient (Wildman–Crippen LogP) is 4.12. The van der Waals surface area contributed by atoms with E-state index in [4.69, 9.17) is 4.74 Å². The number of nitrogens with zero attached hydrogens (tertiary/aromatic N) is 2. The van der Waals surface area contributed by atoms with Crippen molar-refractivity contribution in [3.05, 3.63) is 44.0 Å². The van der Waals surface area contributed by atoms with E-state index in [1.807, 2.05) is 0 Å². The maximum absolute atomic E-state index is 12.4. The van der Waals surface area contributed by atoms with Crippen molar-refractivity contribution in [3.63, 3.8) is 0 Å². The first-order chi connectivity index (χ1) is 12.1. The molecule has 26 heavy (non-hydrogen) atoms. The van der Waals surface area contributed by atoms with Crippen molar-refractivity contribution < 1.29 is 19.4 Å². The van der Waals surface area contributed by atoms with E-state index in [1.54, 1.807) is 0 Å². The lowest BCUT2D eigenvalue weighted by Crippen LogP contribution is -2.34. The molecule has 2 bridgehead atoms. The molecule has 0 N–H and O–H groups in total. The average Bonchev–Trinajstić information content (AvgIpc) is 2.92. The molecule has 140 valence electrons. The van der Waals surface area contributed by atoms with Gasteiger partial charge in [-0.15, -0.1) is 0 Å². The maximum Gasteiger partial charge on any atom is 0.338 e. The lowest BCUT2D eigenvalue weighted by molar-refractivity contribution is -0.394. The molecule has 2 fully saturated rings. The van der Waals surface area contributed by atoms with Gasteiger partial charge in [-0.1, -0.05) is 20.8 Å². The molecular weight excluding hydrogens is 340 g/mol. The largest absolute Gasteiger partial charge is 0.462 e. The Balaban J connectivity index is 1.75. The molecule has 2 aliphatic carbocycles. The fourth-order valence-electron chi connectivity index (χ4n) is 4.81. The Kier molecular flexibility index (Phi) is 4.24. The molecular formula is C18H22N2O6. The predicted molar refractivity (Wildman–Crippen MR) is 92.8 cm³/mol. The van der Waals surface area contributed by atoms with Crippen molar-refractivity contribution >= 4 is 17.3 Å². The van der Waals surface area contributed by atoms with E-state index in [2.05, 4.69) is 20.8 Å². The maximum atomic E-state index is 12.4. The summed E-state index contributed by atoms with van der Waals surface area (Å²) in [5.41, 5.74) is -0.891. The van der Waals surface area contributed by atoms with Gasteiger partial charge in [-0.05, 0) is 41.9 Å². The van der Waals surface area contributed by atoms with E-state index in [-0.39, 0.29) is 28.9 Å². The molecule has 0 aliphatic heterocycles. The number of rotatable bonds is 5. The highest BCUT2D eigenvalue weighted by atomic mass is 16.6. The molecule has 3 atom stereocenters. The first-order valence-corrected chi connectivity index (χ1v) is 8.67. The highest BCUT2D eigenvalue weighted by Crippen LogP contribution is 2.68. The summed E-state index contributed by atoms with van der Waals surface area (Å²) in [5.74, 6) is 0.0740. The molecule has 0 saturated heterocycles. The number of fused-ring (bicyclic) bond motifs is 2. The number of nitro groups is 2. The normalized spacial score (nSPS) is 28.7. The van der Waals surface area contributed by atoms with Crippen molar-refractivity contribution in [1.29, 1.82) is 0 Å². The Labute approximate surface area is 150 Å². The lowest BCUT2D eigenvalue weighted by Gasteiger charge is -2.39. The molecule has 0 spiro atoms. The summed E-state index contributed by atoms with van der Waals surface area (Å²) in [7, 11) is 0. The zero-order chi connectivity index (χ0) is 19.3. The van der Waals surface area contributed by atoms with Crippen LogP contribution in [0.4, 0.5) is 11.4 Å². The minimum Gasteiger partial charge on any atom is -0.462 e. The Hall–Kier alpha value is -2.51. The van der Waals surface area contributed by atoms with Crippen molar-refractivity contribution in [3.8, 4) is 0 Å². The summed E-state index contributed by atoms with van der Waals surface area (Å²) in [6.07, 6.45) is 3.27. The first-order valence-electron chi connectivity index (χ1n) is 8.67. The van der Waals surface area contributed by atoms with Crippen LogP contribution in [0.25, 0.3) is 0 Å². The van der Waals surface area contributed by atoms with Crippen LogP contribution in [-0.2, 0) is 4.74 Å². The summed E-state index contributed by atoms with van der Waals surface area (Å²) < 4.78 is 5.41. The molecule has 0 amide bonds. The number of hydrogen-bond acceptors (Lipinski definition) is 6. The Morgan fingerprint density at radius 2 is 1.73 bits per heavy atom. The van der Waals surface area contributed by atoms with Crippen LogP contribution >= 0.6 is 0 Å². The van der Waals surface area contributed by atoms with E-state index in [1.165, 1.54) is 6.42 Å². The van der Waals surface area contributed by atoms with E-state index < -0.39 is 27.2 Å². The summed E-state index contributed by atoms with van der Waals surface area (Å²) in [5, 5.41) is 21.9. The fourth-order valence-corrected chi connectivity index (χ4v) is 4.81. The van der Waals surface area contributed by atoms with Crippen molar-refractivity contribution in [2.45, 2.75) is 40.0 Å². The Morgan fingerprint density at radius 3 is 2.15 bits per heavy atom. The van der Waals surface area contributed by atoms with Crippen LogP contribution in [-0.4, -0.2) is 22.4 Å². The number of benzene rings is 1. The molecule has 8 heteroatoms. The molecule has 0 radical (unpaired) electrons. The molecule has 3 rings (SSSR count). The highest BCUT2D eigenvalue weighted by molar-refractivity contribution is 5.91. The van der Waals surface area contributed by atoms with Crippen molar-refractivity contribution in [1.82, 2.24) is 0 Å². The molecule has 2 aliphatic rings. The summed E-state index contributed by atoms with van der Waals surface area (Å²) in [6.45, 7) is 6.98. The van der Waals surface area contributed by atoms with Gasteiger partial charge >= 0.3 is 5.97 Å². The molecule has 8 nitrogen and oxygen atoms in total. The second-order valence-electron chi connectivity index (χ2n) is 8.16. The molecule has 0 aromatic heterocycles. The van der Waals surface area contributed by atoms with E-state index in [9.17, 15) is 25.0 Å². The van der Waals surface area contributed by atoms with E-state index in [0.717, 1.165) is 31.0 Å². The standard InChI is InChI=1S/C18H22N2O6/c1-17(2)12-4-5-18(17,3)13(8-12)10-26-16(21)11-6-14(19(22)23)9-15(7-11)20(24)25/h6-7,9,12-13H,4-5,8,10H2,1-3H3. The summed E-state index contributed by atoms with van der Waals surface area (Å²) in [4.78, 5) is 32.7. The highest BCUT2D eigenvalue weighted by Gasteiger charge is 2.61. The number of hydrogen-bond donors (Lipinski definition) is 0. The first kappa shape index (κ1) is 18.3. The van der Waals surface area contributed by atoms with Gasteiger partial charge in [0, 0.05) is 12.1 Å². The zero-order valence-electron chi connectivity index (χ0n) is 15.1. The smallest absolute Gasteiger partial charge is 0.338 e. The van der Waals surface area contributed by atoms with Crippen LogP contribution in [0, 0.1) is 42.9 Å². The van der Waals surface area contributed by atoms with Gasteiger partial charge in [0.1, 0.15) is 0 Å². The van der Waals surface area contributed by atoms with Gasteiger partial charge in [0.2, 0.25) is 0 Å². The van der Waals surface area contributed by atoms with Crippen LogP contribution in [0.15, 0.2) is 18.2 Å². The summed E-state index contributed by atoms with van der Waals surface area (Å²) >= 11 is 0. The number of nitro benzene ring substituents is 2. The fraction of sp³-hybridized carbons (Fsp3) is 0.611. The third kappa shape index (κ3) is 2.73. The topological polar surface area (TPSA) is 113 Å². The van der Waals surface area contributed by atoms with Crippen LogP contribution in [0.5, 0.6) is 0 Å². The monoisotopic (exact) mass is 362 g/mol. The van der Waals surface area contributed by atoms with E-state index >= 15 is 0 Å². The van der Waals surface area contributed by atoms with Crippen LogP contribution in [0.2, 0.25) is 0 Å². The number of carbonyl (C=O) groups excluding carboxylic acids is 1. The quantitative estimate of drug-likeness (QED) is 0.442. The van der Waals surface area contributed by atoms with Crippen molar-refractivity contribution in [2.75, 3.05) is 6.61 Å². The van der Waals surface area contributed by atoms with Gasteiger partial charge in [0.05, 0.1) is 28.1 Å². The minimum absolute atomic E-state index is 0.0899. The van der Waals surface area contributed by atoms with Crippen LogP contribution < -0.4 is 0 Å². The Bertz CT molecular complexity index is 758. The van der Waals surface area contributed by atoms with Crippen LogP contribution in [0.1, 0.15) is 50.4 Å². The average molecular weight is 362 g/mol. The van der Waals surface area contributed by atoms with Gasteiger partial charge in [0.25, 0.3) is 11.4 Å². The SMILES string of the molecule is CC1(C)C2CCC1(C)C(COC(=O)c1cc([N+](=O)[O-])cc([N+](=O)[O-])c1)C2. The summed E-state index contributed by atoms with van der Waals surface area (Å²) in [6, 6.07) is 2.86. The molecule has 0 heterocycles. The lowest BCUT2D eigenvalue weighted by atomic mass is 9.67. The zero-order valence-corrected chi connectivity index (χ0v) is 15.1. The molecule has 3 unspecified atom stereocenters. The van der Waals surface area contributed by atoms with Crippen LogP contribution in [0.3, 0.4) is 0 Å². The minimum atomic E-state index is -0.763. The number of ether oxygens (including phenoxy) is 1. The third-order valence-corrected chi connectivity index (χ3v) is 6.95. The molecule has 1 aromatic rings. The number of non-ortho nitro benzene ring substituents is 2. The van der Waals surface area contributed by atoms with Gasteiger partial charge in [-0.3, -0.25) is 20.2 Å². The van der Waals surface area contributed by atoms with Gasteiger partial charge < -0.3 is 4.74 Å². The van der Waals surface area contributed by atoms with Crippen molar-refractivity contribution in [2.24, 2.45) is 22.7 Å². The second kappa shape index (κ2) is 6.03. The number of esters is 1. The number of carbonyl (C=O) groups is 1. The third-order valence-electron chi connectivity index (χ3n) is 6.95. The second-order valence-corrected chi connectivity index (χ2v) is 8.16. The van der Waals surface area contributed by atoms with Gasteiger partial charge in [0.15, 0.2) is 0 Å². The van der Waals surface area contributed by atoms with Gasteiger partial charge in [-0.25, -0.2) is 4.79 Å². The Morgan fingerprint density at radius 1 is 1.15 bits per heavy atom. The molecule has 2 saturated carbocycles. The molecule has 1 aromatic carbocycles. The van der Waals surface area contributed by atoms with E-state index in [0.29, 0.717) is 5.92 Å². The van der Waals surface area contributed by atoms with Gasteiger partial charge in [-0.2, -0.15) is 0 Å².